The van der Waals surface area contributed by atoms with Crippen LogP contribution in [0.1, 0.15) is 13.8 Å². The van der Waals surface area contributed by atoms with E-state index in [-0.39, 0.29) is 17.2 Å². The summed E-state index contributed by atoms with van der Waals surface area (Å²) in [6, 6.07) is 0. The molecule has 5 heteroatoms. The first-order chi connectivity index (χ1) is 8.96. The van der Waals surface area contributed by atoms with E-state index in [0.29, 0.717) is 11.7 Å². The molecule has 110 valence electrons. The molecule has 2 fully saturated rings. The van der Waals surface area contributed by atoms with Crippen molar-refractivity contribution >= 4 is 29.0 Å². The van der Waals surface area contributed by atoms with Crippen LogP contribution in [0.4, 0.5) is 0 Å². The molecule has 2 aliphatic rings. The molecule has 2 aliphatic heterocycles. The lowest BCUT2D eigenvalue weighted by atomic mass is 9.87. The molecule has 3 atom stereocenters. The van der Waals surface area contributed by atoms with Crippen molar-refractivity contribution in [3.8, 4) is 0 Å². The molecule has 2 saturated heterocycles. The molecule has 2 heterocycles. The molecule has 19 heavy (non-hydrogen) atoms. The number of hydrogen-bond donors (Lipinski definition) is 0. The van der Waals surface area contributed by atoms with Gasteiger partial charge in [-0.05, 0) is 0 Å². The van der Waals surface area contributed by atoms with Crippen LogP contribution < -0.4 is 0 Å². The topological polar surface area (TPSA) is 20.3 Å². The first kappa shape index (κ1) is 15.6. The number of rotatable bonds is 3. The van der Waals surface area contributed by atoms with Crippen LogP contribution in [0.5, 0.6) is 0 Å². The predicted molar refractivity (Wildman–Crippen MR) is 79.9 cm³/mol. The second-order valence-corrected chi connectivity index (χ2v) is 7.34. The van der Waals surface area contributed by atoms with E-state index in [9.17, 15) is 4.79 Å². The molecular weight excluding hydrogens is 283 g/mol. The summed E-state index contributed by atoms with van der Waals surface area (Å²) in [7, 11) is 0. The van der Waals surface area contributed by atoms with Crippen molar-refractivity contribution in [1.29, 1.82) is 0 Å². The third-order valence-corrected chi connectivity index (χ3v) is 5.52. The number of carbonyl (C=O) groups is 1. The van der Waals surface area contributed by atoms with E-state index in [2.05, 4.69) is 18.7 Å². The second-order valence-electron chi connectivity index (χ2n) is 6.41. The molecule has 0 radical (unpaired) electrons. The summed E-state index contributed by atoms with van der Waals surface area (Å²) in [5, 5.41) is 0.0500. The van der Waals surface area contributed by atoms with E-state index in [4.69, 9.17) is 23.2 Å². The summed E-state index contributed by atoms with van der Waals surface area (Å²) >= 11 is 11.9. The molecule has 0 bridgehead atoms. The van der Waals surface area contributed by atoms with Crippen molar-refractivity contribution in [2.24, 2.45) is 11.8 Å². The van der Waals surface area contributed by atoms with Crippen LogP contribution in [0.15, 0.2) is 0 Å². The molecule has 3 unspecified atom stereocenters. The minimum absolute atomic E-state index is 0.0500. The van der Waals surface area contributed by atoms with Crippen LogP contribution in [0.3, 0.4) is 0 Å². The van der Waals surface area contributed by atoms with Gasteiger partial charge >= 0.3 is 0 Å². The fraction of sp³-hybridized carbons (Fsp3) is 0.929. The van der Waals surface area contributed by atoms with Gasteiger partial charge in [-0.15, -0.1) is 23.2 Å². The fourth-order valence-electron chi connectivity index (χ4n) is 3.71. The number of ketones is 1. The number of quaternary nitrogens is 1. The number of hydrogen-bond acceptors (Lipinski definition) is 2. The monoisotopic (exact) mass is 307 g/mol. The van der Waals surface area contributed by atoms with E-state index in [0.717, 1.165) is 50.3 Å². The molecule has 0 aromatic carbocycles. The van der Waals surface area contributed by atoms with Gasteiger partial charge in [-0.3, -0.25) is 9.69 Å². The summed E-state index contributed by atoms with van der Waals surface area (Å²) in [6.45, 7) is 11.6. The van der Waals surface area contributed by atoms with Crippen molar-refractivity contribution in [3.05, 3.63) is 0 Å². The highest BCUT2D eigenvalue weighted by atomic mass is 35.5. The second kappa shape index (κ2) is 6.30. The number of alkyl halides is 2. The molecule has 0 amide bonds. The maximum atomic E-state index is 11.9. The average molecular weight is 308 g/mol. The number of piperazine rings is 1. The Hall–Kier alpha value is 0.170. The Morgan fingerprint density at radius 1 is 1.26 bits per heavy atom. The zero-order chi connectivity index (χ0) is 14.0. The van der Waals surface area contributed by atoms with Gasteiger partial charge in [0.1, 0.15) is 5.78 Å². The summed E-state index contributed by atoms with van der Waals surface area (Å²) in [6.07, 6.45) is 0. The molecular formula is C14H25Cl2N2O+. The Balaban J connectivity index is 1.90. The van der Waals surface area contributed by atoms with E-state index < -0.39 is 0 Å². The third kappa shape index (κ3) is 3.63. The van der Waals surface area contributed by atoms with Crippen LogP contribution in [0.25, 0.3) is 0 Å². The average Bonchev–Trinajstić information content (AvgIpc) is 2.39. The van der Waals surface area contributed by atoms with Gasteiger partial charge in [-0.2, -0.15) is 0 Å². The smallest absolute Gasteiger partial charge is 0.149 e. The van der Waals surface area contributed by atoms with Crippen LogP contribution >= 0.6 is 23.2 Å². The Bertz CT molecular complexity index is 313. The Morgan fingerprint density at radius 2 is 1.79 bits per heavy atom. The molecule has 1 spiro atoms. The number of Topliss-reactive ketones (excluding diaryl/α,β-unsaturated/α-hetero) is 1. The molecule has 0 aromatic heterocycles. The lowest BCUT2D eigenvalue weighted by Crippen LogP contribution is -2.66. The largest absolute Gasteiger partial charge is 0.320 e. The number of halogens is 2. The number of nitrogens with zero attached hydrogens (tertiary/aromatic N) is 2. The lowest BCUT2D eigenvalue weighted by Gasteiger charge is -2.49. The van der Waals surface area contributed by atoms with Gasteiger partial charge in [0.05, 0.1) is 43.4 Å². The van der Waals surface area contributed by atoms with Crippen molar-refractivity contribution in [2.45, 2.75) is 19.2 Å². The normalized spacial score (nSPS) is 33.6. The molecule has 0 saturated carbocycles. The van der Waals surface area contributed by atoms with E-state index in [1.165, 1.54) is 0 Å². The first-order valence-electron chi connectivity index (χ1n) is 7.27. The standard InChI is InChI=1S/C14H25Cl2N2O/c1-11-9-18(10-12(2)14(11)19)5-3-17(4-6-18)8-13(16)7-15/h11-13H,3-10H2,1-2H3/q+1. The van der Waals surface area contributed by atoms with E-state index in [1.54, 1.807) is 0 Å². The van der Waals surface area contributed by atoms with E-state index in [1.807, 2.05) is 0 Å². The summed E-state index contributed by atoms with van der Waals surface area (Å²) in [5.41, 5.74) is 0. The predicted octanol–water partition coefficient (Wildman–Crippen LogP) is 1.82. The molecule has 0 aromatic rings. The zero-order valence-corrected chi connectivity index (χ0v) is 13.5. The van der Waals surface area contributed by atoms with Crippen molar-refractivity contribution in [1.82, 2.24) is 4.90 Å². The summed E-state index contributed by atoms with van der Waals surface area (Å²) < 4.78 is 1.12. The van der Waals surface area contributed by atoms with Crippen LogP contribution in [0, 0.1) is 11.8 Å². The molecule has 0 aliphatic carbocycles. The quantitative estimate of drug-likeness (QED) is 0.585. The molecule has 0 N–H and O–H groups in total. The number of carbonyl (C=O) groups excluding carboxylic acids is 1. The highest BCUT2D eigenvalue weighted by molar-refractivity contribution is 6.28. The van der Waals surface area contributed by atoms with Crippen molar-refractivity contribution in [3.63, 3.8) is 0 Å². The van der Waals surface area contributed by atoms with Gasteiger partial charge in [0.25, 0.3) is 0 Å². The fourth-order valence-corrected chi connectivity index (χ4v) is 4.00. The first-order valence-corrected chi connectivity index (χ1v) is 8.24. The molecule has 3 nitrogen and oxygen atoms in total. The van der Waals surface area contributed by atoms with Gasteiger partial charge in [-0.25, -0.2) is 0 Å². The highest BCUT2D eigenvalue weighted by Crippen LogP contribution is 2.26. The van der Waals surface area contributed by atoms with Crippen LogP contribution in [-0.4, -0.2) is 72.2 Å². The Labute approximate surface area is 126 Å². The van der Waals surface area contributed by atoms with Gasteiger partial charge in [0, 0.05) is 25.5 Å². The maximum absolute atomic E-state index is 11.9. The van der Waals surface area contributed by atoms with Gasteiger partial charge in [0.2, 0.25) is 0 Å². The summed E-state index contributed by atoms with van der Waals surface area (Å²) in [4.78, 5) is 14.4. The van der Waals surface area contributed by atoms with Gasteiger partial charge < -0.3 is 4.48 Å². The highest BCUT2D eigenvalue weighted by Gasteiger charge is 2.43. The molecule has 2 rings (SSSR count). The zero-order valence-electron chi connectivity index (χ0n) is 11.9. The van der Waals surface area contributed by atoms with E-state index >= 15 is 0 Å². The van der Waals surface area contributed by atoms with Gasteiger partial charge in [0.15, 0.2) is 0 Å². The van der Waals surface area contributed by atoms with Crippen molar-refractivity contribution in [2.75, 3.05) is 51.7 Å². The minimum atomic E-state index is 0.0500. The SMILES string of the molecule is CC1C[N+]2(CCN(CC(Cl)CCl)CC2)CC(C)C1=O. The summed E-state index contributed by atoms with van der Waals surface area (Å²) in [5.74, 6) is 1.41. The van der Waals surface area contributed by atoms with Crippen molar-refractivity contribution < 1.29 is 9.28 Å². The van der Waals surface area contributed by atoms with Crippen LogP contribution in [-0.2, 0) is 4.79 Å². The third-order valence-electron chi connectivity index (χ3n) is 4.70. The Kier molecular flexibility index (Phi) is 5.15. The number of piperidine rings is 1. The van der Waals surface area contributed by atoms with Gasteiger partial charge in [-0.1, -0.05) is 13.8 Å². The minimum Gasteiger partial charge on any atom is -0.320 e. The van der Waals surface area contributed by atoms with Crippen LogP contribution in [0.2, 0.25) is 0 Å². The Morgan fingerprint density at radius 3 is 2.26 bits per heavy atom. The lowest BCUT2D eigenvalue weighted by molar-refractivity contribution is -0.938. The maximum Gasteiger partial charge on any atom is 0.149 e.